The van der Waals surface area contributed by atoms with E-state index in [2.05, 4.69) is 0 Å². The van der Waals surface area contributed by atoms with Crippen LogP contribution in [0.5, 0.6) is 0 Å². The highest BCUT2D eigenvalue weighted by molar-refractivity contribution is 7.89. The van der Waals surface area contributed by atoms with E-state index in [1.807, 2.05) is 6.92 Å². The van der Waals surface area contributed by atoms with Crippen LogP contribution in [0.4, 0.5) is 0 Å². The monoisotopic (exact) mass is 353 g/mol. The van der Waals surface area contributed by atoms with Crippen molar-refractivity contribution in [3.63, 3.8) is 0 Å². The summed E-state index contributed by atoms with van der Waals surface area (Å²) < 4.78 is 37.9. The maximum Gasteiger partial charge on any atom is 0.355 e. The number of hydrogen-bond donors (Lipinski definition) is 0. The average molecular weight is 353 g/mol. The highest BCUT2D eigenvalue weighted by Crippen LogP contribution is 2.32. The van der Waals surface area contributed by atoms with Crippen molar-refractivity contribution >= 4 is 16.0 Å². The summed E-state index contributed by atoms with van der Waals surface area (Å²) in [5.74, 6) is -0.656. The van der Waals surface area contributed by atoms with Crippen LogP contribution in [-0.4, -0.2) is 38.1 Å². The van der Waals surface area contributed by atoms with Gasteiger partial charge in [-0.05, 0) is 44.4 Å². The minimum Gasteiger partial charge on any atom is -0.461 e. The number of sulfonamides is 1. The third kappa shape index (κ3) is 3.79. The second kappa shape index (κ2) is 7.81. The van der Waals surface area contributed by atoms with Gasteiger partial charge >= 0.3 is 5.97 Å². The van der Waals surface area contributed by atoms with E-state index >= 15 is 0 Å². The van der Waals surface area contributed by atoms with E-state index < -0.39 is 22.2 Å². The maximum atomic E-state index is 13.1. The van der Waals surface area contributed by atoms with Crippen molar-refractivity contribution in [2.45, 2.75) is 38.3 Å². The van der Waals surface area contributed by atoms with E-state index in [4.69, 9.17) is 9.47 Å². The van der Waals surface area contributed by atoms with Gasteiger partial charge in [0.05, 0.1) is 11.5 Å². The molecular formula is C17H23NO5S. The lowest BCUT2D eigenvalue weighted by Crippen LogP contribution is -2.47. The standard InChI is InChI=1S/C17H23NO5S/c1-4-22-16-12-13(3)11-15(17(19)23-5-2)18(16)24(20,21)14-9-7-6-8-10-14/h6-11,13,16H,4-5,12H2,1-3H3. The third-order valence-electron chi connectivity index (χ3n) is 3.66. The molecule has 6 nitrogen and oxygen atoms in total. The summed E-state index contributed by atoms with van der Waals surface area (Å²) in [4.78, 5) is 12.4. The lowest BCUT2D eigenvalue weighted by atomic mass is 10.0. The quantitative estimate of drug-likeness (QED) is 0.735. The molecule has 1 aliphatic rings. The second-order valence-electron chi connectivity index (χ2n) is 5.51. The van der Waals surface area contributed by atoms with Gasteiger partial charge in [-0.1, -0.05) is 25.1 Å². The molecule has 0 aliphatic carbocycles. The zero-order valence-electron chi connectivity index (χ0n) is 14.1. The molecular weight excluding hydrogens is 330 g/mol. The molecule has 0 saturated carbocycles. The van der Waals surface area contributed by atoms with Gasteiger partial charge in [0, 0.05) is 6.61 Å². The summed E-state index contributed by atoms with van der Waals surface area (Å²) in [6.45, 7) is 5.90. The smallest absolute Gasteiger partial charge is 0.355 e. The van der Waals surface area contributed by atoms with Gasteiger partial charge < -0.3 is 9.47 Å². The predicted molar refractivity (Wildman–Crippen MR) is 89.4 cm³/mol. The molecule has 2 rings (SSSR count). The maximum absolute atomic E-state index is 13.1. The van der Waals surface area contributed by atoms with Gasteiger partial charge in [-0.15, -0.1) is 0 Å². The first-order valence-electron chi connectivity index (χ1n) is 8.01. The molecule has 0 saturated heterocycles. The van der Waals surface area contributed by atoms with Crippen molar-refractivity contribution in [2.24, 2.45) is 5.92 Å². The van der Waals surface area contributed by atoms with Crippen LogP contribution >= 0.6 is 0 Å². The van der Waals surface area contributed by atoms with E-state index in [0.29, 0.717) is 13.0 Å². The van der Waals surface area contributed by atoms with Crippen LogP contribution in [0.15, 0.2) is 47.0 Å². The summed E-state index contributed by atoms with van der Waals surface area (Å²) in [5, 5.41) is 0. The molecule has 1 aromatic carbocycles. The van der Waals surface area contributed by atoms with Crippen LogP contribution in [0, 0.1) is 5.92 Å². The lowest BCUT2D eigenvalue weighted by molar-refractivity contribution is -0.142. The molecule has 0 fully saturated rings. The number of carbonyl (C=O) groups excluding carboxylic acids is 1. The first-order valence-corrected chi connectivity index (χ1v) is 9.45. The van der Waals surface area contributed by atoms with E-state index in [1.165, 1.54) is 12.1 Å². The van der Waals surface area contributed by atoms with Crippen LogP contribution in [0.3, 0.4) is 0 Å². The first-order chi connectivity index (χ1) is 11.4. The normalized spacial score (nSPS) is 21.3. The van der Waals surface area contributed by atoms with Gasteiger partial charge in [-0.25, -0.2) is 17.5 Å². The number of nitrogens with zero attached hydrogens (tertiary/aromatic N) is 1. The molecule has 2 unspecified atom stereocenters. The Balaban J connectivity index is 2.53. The Morgan fingerprint density at radius 2 is 1.88 bits per heavy atom. The van der Waals surface area contributed by atoms with Gasteiger partial charge in [-0.2, -0.15) is 0 Å². The Labute approximate surface area is 143 Å². The van der Waals surface area contributed by atoms with E-state index in [0.717, 1.165) is 4.31 Å². The molecule has 0 amide bonds. The van der Waals surface area contributed by atoms with Crippen molar-refractivity contribution in [2.75, 3.05) is 13.2 Å². The van der Waals surface area contributed by atoms with Gasteiger partial charge in [0.1, 0.15) is 11.9 Å². The molecule has 0 aromatic heterocycles. The second-order valence-corrected chi connectivity index (χ2v) is 7.32. The van der Waals surface area contributed by atoms with Crippen molar-refractivity contribution in [3.05, 3.63) is 42.1 Å². The van der Waals surface area contributed by atoms with Gasteiger partial charge in [-0.3, -0.25) is 0 Å². The zero-order chi connectivity index (χ0) is 17.7. The molecule has 0 radical (unpaired) electrons. The van der Waals surface area contributed by atoms with E-state index in [1.54, 1.807) is 38.1 Å². The Morgan fingerprint density at radius 3 is 2.46 bits per heavy atom. The highest BCUT2D eigenvalue weighted by atomic mass is 32.2. The highest BCUT2D eigenvalue weighted by Gasteiger charge is 2.40. The molecule has 132 valence electrons. The zero-order valence-corrected chi connectivity index (χ0v) is 15.0. The van der Waals surface area contributed by atoms with Crippen LogP contribution in [0.1, 0.15) is 27.2 Å². The predicted octanol–water partition coefficient (Wildman–Crippen LogP) is 2.53. The van der Waals surface area contributed by atoms with Gasteiger partial charge in [0.25, 0.3) is 10.0 Å². The molecule has 1 aromatic rings. The third-order valence-corrected chi connectivity index (χ3v) is 5.48. The number of hydrogen-bond acceptors (Lipinski definition) is 5. The lowest BCUT2D eigenvalue weighted by Gasteiger charge is -2.37. The van der Waals surface area contributed by atoms with E-state index in [-0.39, 0.29) is 23.1 Å². The topological polar surface area (TPSA) is 72.9 Å². The number of allylic oxidation sites excluding steroid dienone is 1. The fourth-order valence-electron chi connectivity index (χ4n) is 2.66. The molecule has 2 atom stereocenters. The molecule has 1 heterocycles. The van der Waals surface area contributed by atoms with E-state index in [9.17, 15) is 13.2 Å². The molecule has 1 aliphatic heterocycles. The number of carbonyl (C=O) groups is 1. The number of rotatable bonds is 6. The SMILES string of the molecule is CCOC(=O)C1=CC(C)CC(OCC)N1S(=O)(=O)c1ccccc1. The Hall–Kier alpha value is -1.86. The minimum atomic E-state index is -3.93. The van der Waals surface area contributed by atoms with Crippen LogP contribution in [0.2, 0.25) is 0 Å². The summed E-state index contributed by atoms with van der Waals surface area (Å²) >= 11 is 0. The molecule has 0 bridgehead atoms. The minimum absolute atomic E-state index is 0.00294. The fourth-order valence-corrected chi connectivity index (χ4v) is 4.24. The summed E-state index contributed by atoms with van der Waals surface area (Å²) in [5.41, 5.74) is 0.0119. The molecule has 24 heavy (non-hydrogen) atoms. The summed E-state index contributed by atoms with van der Waals surface area (Å²) in [6, 6.07) is 8.02. The van der Waals surface area contributed by atoms with Gasteiger partial charge in [0.15, 0.2) is 0 Å². The van der Waals surface area contributed by atoms with Crippen molar-refractivity contribution in [1.82, 2.24) is 4.31 Å². The summed E-state index contributed by atoms with van der Waals surface area (Å²) in [6.07, 6.45) is 1.37. The first kappa shape index (κ1) is 18.5. The Morgan fingerprint density at radius 1 is 1.21 bits per heavy atom. The van der Waals surface area contributed by atoms with Crippen molar-refractivity contribution in [1.29, 1.82) is 0 Å². The summed E-state index contributed by atoms with van der Waals surface area (Å²) in [7, 11) is -3.93. The largest absolute Gasteiger partial charge is 0.461 e. The van der Waals surface area contributed by atoms with Crippen LogP contribution in [-0.2, 0) is 24.3 Å². The van der Waals surface area contributed by atoms with Crippen molar-refractivity contribution in [3.8, 4) is 0 Å². The number of ether oxygens (including phenoxy) is 2. The Bertz CT molecular complexity index is 699. The fraction of sp³-hybridized carbons (Fsp3) is 0.471. The molecule has 0 N–H and O–H groups in total. The van der Waals surface area contributed by atoms with Crippen molar-refractivity contribution < 1.29 is 22.7 Å². The van der Waals surface area contributed by atoms with Crippen LogP contribution < -0.4 is 0 Å². The Kier molecular flexibility index (Phi) is 6.01. The van der Waals surface area contributed by atoms with Crippen LogP contribution in [0.25, 0.3) is 0 Å². The number of esters is 1. The molecule has 0 spiro atoms. The average Bonchev–Trinajstić information content (AvgIpc) is 2.55. The number of benzene rings is 1. The molecule has 7 heteroatoms. The van der Waals surface area contributed by atoms with Gasteiger partial charge in [0.2, 0.25) is 0 Å².